The van der Waals surface area contributed by atoms with Crippen molar-refractivity contribution in [3.8, 4) is 0 Å². The minimum absolute atomic E-state index is 0.191. The molecule has 0 unspecified atom stereocenters. The highest BCUT2D eigenvalue weighted by atomic mass is 35.5. The van der Waals surface area contributed by atoms with E-state index in [1.54, 1.807) is 29.2 Å². The summed E-state index contributed by atoms with van der Waals surface area (Å²) in [4.78, 5) is 70.8. The van der Waals surface area contributed by atoms with E-state index in [9.17, 15) is 24.0 Å². The summed E-state index contributed by atoms with van der Waals surface area (Å²) in [5.41, 5.74) is 3.69. The Morgan fingerprint density at radius 2 is 1.43 bits per heavy atom. The first-order valence-corrected chi connectivity index (χ1v) is 19.1. The summed E-state index contributed by atoms with van der Waals surface area (Å²) < 4.78 is 0. The number of fused-ring (bicyclic) bond motifs is 1. The van der Waals surface area contributed by atoms with E-state index in [-0.39, 0.29) is 56.0 Å². The zero-order valence-electron chi connectivity index (χ0n) is 31.3. The molecule has 288 valence electrons. The number of carbonyl (C=O) groups is 5. The van der Waals surface area contributed by atoms with Crippen LogP contribution in [0.3, 0.4) is 0 Å². The normalized spacial score (nSPS) is 16.6. The average molecular weight is 758 g/mol. The summed E-state index contributed by atoms with van der Waals surface area (Å²) in [6.45, 7) is 7.29. The number of halogens is 1. The summed E-state index contributed by atoms with van der Waals surface area (Å²) >= 11 is 5.95. The van der Waals surface area contributed by atoms with Gasteiger partial charge in [-0.05, 0) is 78.5 Å². The van der Waals surface area contributed by atoms with Gasteiger partial charge < -0.3 is 36.4 Å². The molecule has 1 fully saturated rings. The quantitative estimate of drug-likeness (QED) is 0.167. The Morgan fingerprint density at radius 1 is 0.778 bits per heavy atom. The smallest absolute Gasteiger partial charge is 0.321 e. The number of piperazine rings is 1. The predicted octanol–water partition coefficient (Wildman–Crippen LogP) is 5.43. The molecule has 1 aliphatic carbocycles. The number of anilines is 1. The van der Waals surface area contributed by atoms with Crippen LogP contribution in [0, 0.1) is 5.41 Å². The van der Waals surface area contributed by atoms with Crippen molar-refractivity contribution in [2.45, 2.75) is 77.4 Å². The summed E-state index contributed by atoms with van der Waals surface area (Å²) in [5, 5.41) is 15.1. The number of benzene rings is 3. The van der Waals surface area contributed by atoms with E-state index in [4.69, 9.17) is 11.6 Å². The molecular formula is C41H52ClN7O5. The maximum absolute atomic E-state index is 14.1. The van der Waals surface area contributed by atoms with Gasteiger partial charge in [0, 0.05) is 43.4 Å². The number of amides is 7. The lowest BCUT2D eigenvalue weighted by Gasteiger charge is -2.35. The molecule has 0 aromatic heterocycles. The van der Waals surface area contributed by atoms with E-state index in [0.29, 0.717) is 30.1 Å². The van der Waals surface area contributed by atoms with Crippen LogP contribution in [-0.4, -0.2) is 84.4 Å². The molecule has 3 aromatic carbocycles. The lowest BCUT2D eigenvalue weighted by atomic mass is 9.87. The van der Waals surface area contributed by atoms with Gasteiger partial charge in [0.2, 0.25) is 17.7 Å². The molecule has 5 N–H and O–H groups in total. The van der Waals surface area contributed by atoms with Crippen LogP contribution in [0.15, 0.2) is 78.9 Å². The van der Waals surface area contributed by atoms with Crippen LogP contribution in [-0.2, 0) is 27.2 Å². The van der Waals surface area contributed by atoms with Crippen molar-refractivity contribution in [1.29, 1.82) is 0 Å². The highest BCUT2D eigenvalue weighted by Gasteiger charge is 2.33. The molecule has 0 radical (unpaired) electrons. The van der Waals surface area contributed by atoms with Crippen LogP contribution in [0.2, 0.25) is 5.02 Å². The molecule has 1 saturated heterocycles. The van der Waals surface area contributed by atoms with Gasteiger partial charge in [-0.2, -0.15) is 0 Å². The number of hydrogen-bond acceptors (Lipinski definition) is 5. The maximum Gasteiger partial charge on any atom is 0.321 e. The van der Waals surface area contributed by atoms with Crippen LogP contribution in [0.4, 0.5) is 15.3 Å². The van der Waals surface area contributed by atoms with Crippen molar-refractivity contribution in [2.24, 2.45) is 5.41 Å². The number of nitrogens with one attached hydrogen (secondary N) is 5. The molecular weight excluding hydrogens is 706 g/mol. The summed E-state index contributed by atoms with van der Waals surface area (Å²) in [6.07, 6.45) is 3.18. The predicted molar refractivity (Wildman–Crippen MR) is 210 cm³/mol. The lowest BCUT2D eigenvalue weighted by molar-refractivity contribution is -0.132. The number of hydrogen-bond donors (Lipinski definition) is 5. The minimum atomic E-state index is -1.26. The largest absolute Gasteiger partial charge is 0.355 e. The van der Waals surface area contributed by atoms with E-state index in [0.717, 1.165) is 30.4 Å². The Kier molecular flexibility index (Phi) is 13.9. The summed E-state index contributed by atoms with van der Waals surface area (Å²) in [7, 11) is 0. The molecule has 0 saturated carbocycles. The Morgan fingerprint density at radius 3 is 2.11 bits per heavy atom. The second-order valence-electron chi connectivity index (χ2n) is 15.2. The molecule has 3 atom stereocenters. The first-order chi connectivity index (χ1) is 25.8. The van der Waals surface area contributed by atoms with Gasteiger partial charge in [0.1, 0.15) is 12.1 Å². The molecule has 1 heterocycles. The molecule has 0 bridgehead atoms. The van der Waals surface area contributed by atoms with E-state index in [2.05, 4.69) is 32.7 Å². The van der Waals surface area contributed by atoms with Crippen LogP contribution in [0.1, 0.15) is 69.2 Å². The van der Waals surface area contributed by atoms with Crippen molar-refractivity contribution in [1.82, 2.24) is 31.1 Å². The second-order valence-corrected chi connectivity index (χ2v) is 15.6. The highest BCUT2D eigenvalue weighted by Crippen LogP contribution is 2.29. The molecule has 12 nitrogen and oxygen atoms in total. The third-order valence-electron chi connectivity index (χ3n) is 9.65. The van der Waals surface area contributed by atoms with Gasteiger partial charge in [-0.1, -0.05) is 87.0 Å². The molecule has 1 aliphatic heterocycles. The van der Waals surface area contributed by atoms with Crippen LogP contribution in [0.5, 0.6) is 0 Å². The van der Waals surface area contributed by atoms with Gasteiger partial charge in [0.15, 0.2) is 0 Å². The zero-order chi connectivity index (χ0) is 38.7. The number of nitrogens with zero attached hydrogens (tertiary/aromatic N) is 2. The van der Waals surface area contributed by atoms with E-state index in [1.807, 2.05) is 69.3 Å². The van der Waals surface area contributed by atoms with Gasteiger partial charge in [0.05, 0.1) is 12.5 Å². The molecule has 54 heavy (non-hydrogen) atoms. The van der Waals surface area contributed by atoms with Gasteiger partial charge in [0.25, 0.3) is 0 Å². The van der Waals surface area contributed by atoms with Crippen LogP contribution in [0.25, 0.3) is 0 Å². The second kappa shape index (κ2) is 18.8. The molecule has 3 aromatic rings. The van der Waals surface area contributed by atoms with E-state index < -0.39 is 29.9 Å². The monoisotopic (exact) mass is 757 g/mol. The van der Waals surface area contributed by atoms with Crippen molar-refractivity contribution in [3.05, 3.63) is 101 Å². The summed E-state index contributed by atoms with van der Waals surface area (Å²) in [5.74, 6) is -1.36. The third-order valence-corrected chi connectivity index (χ3v) is 9.90. The highest BCUT2D eigenvalue weighted by molar-refractivity contribution is 6.30. The fraction of sp³-hybridized carbons (Fsp3) is 0.439. The van der Waals surface area contributed by atoms with Crippen molar-refractivity contribution < 1.29 is 24.0 Å². The van der Waals surface area contributed by atoms with Gasteiger partial charge in [-0.15, -0.1) is 0 Å². The number of rotatable bonds is 12. The Bertz CT molecular complexity index is 1760. The topological polar surface area (TPSA) is 152 Å². The molecule has 13 heteroatoms. The Hall–Kier alpha value is -5.10. The first kappa shape index (κ1) is 40.1. The first-order valence-electron chi connectivity index (χ1n) is 18.7. The maximum atomic E-state index is 14.1. The average Bonchev–Trinajstić information content (AvgIpc) is 3.16. The van der Waals surface area contributed by atoms with Crippen molar-refractivity contribution in [3.63, 3.8) is 0 Å². The SMILES string of the molecule is CC(C)(C)CNC(=O)C[C@H](NC(=O)N1CCN(C(=O)Nc2ccc(Cl)cc2)CC1)C(=O)N[C@@H](CCc1ccccc1)C(=O)N[C@@H]1CCCc2ccccc21. The van der Waals surface area contributed by atoms with E-state index in [1.165, 1.54) is 10.5 Å². The number of urea groups is 2. The zero-order valence-corrected chi connectivity index (χ0v) is 32.1. The summed E-state index contributed by atoms with van der Waals surface area (Å²) in [6, 6.07) is 21.3. The molecule has 7 amide bonds. The van der Waals surface area contributed by atoms with Gasteiger partial charge >= 0.3 is 12.1 Å². The fourth-order valence-electron chi connectivity index (χ4n) is 6.59. The minimum Gasteiger partial charge on any atom is -0.355 e. The standard InChI is InChI=1S/C41H52ClN7O5/c1-41(2,3)27-43-36(50)26-35(47-40(54)49-24-22-48(23-25-49)39(53)44-31-19-17-30(42)18-20-31)38(52)46-34(21-16-28-10-5-4-6-11-28)37(51)45-33-15-9-13-29-12-7-8-14-32(29)33/h4-8,10-12,14,17-20,33-35H,9,13,15-16,21-27H2,1-3H3,(H,43,50)(H,44,53)(H,45,51)(H,46,52)(H,47,54)/t33-,34+,35+/m1/s1. The fourth-order valence-corrected chi connectivity index (χ4v) is 6.72. The number of carbonyl (C=O) groups excluding carboxylic acids is 5. The van der Waals surface area contributed by atoms with Crippen molar-refractivity contribution >= 4 is 47.1 Å². The van der Waals surface area contributed by atoms with Gasteiger partial charge in [-0.3, -0.25) is 14.4 Å². The van der Waals surface area contributed by atoms with Crippen molar-refractivity contribution in [2.75, 3.05) is 38.0 Å². The molecule has 0 spiro atoms. The van der Waals surface area contributed by atoms with Crippen LogP contribution >= 0.6 is 11.6 Å². The Balaban J connectivity index is 1.26. The van der Waals surface area contributed by atoms with Crippen LogP contribution < -0.4 is 26.6 Å². The number of aryl methyl sites for hydroxylation is 2. The lowest BCUT2D eigenvalue weighted by Crippen LogP contribution is -2.59. The van der Waals surface area contributed by atoms with E-state index >= 15 is 0 Å². The molecule has 5 rings (SSSR count). The third kappa shape index (κ3) is 12.0. The van der Waals surface area contributed by atoms with Gasteiger partial charge in [-0.25, -0.2) is 9.59 Å². The Labute approximate surface area is 322 Å². The molecule has 2 aliphatic rings.